The Morgan fingerprint density at radius 3 is 2.12 bits per heavy atom. The van der Waals surface area contributed by atoms with E-state index in [4.69, 9.17) is 4.74 Å². The van der Waals surface area contributed by atoms with E-state index in [1.807, 2.05) is 0 Å². The molecule has 0 radical (unpaired) electrons. The second-order valence-electron chi connectivity index (χ2n) is 3.48. The summed E-state index contributed by atoms with van der Waals surface area (Å²) in [6.07, 6.45) is -4.40. The molecule has 90 valence electrons. The van der Waals surface area contributed by atoms with Gasteiger partial charge in [0.15, 0.2) is 0 Å². The standard InChI is InChI=1S/C10H7F3N2O2/c1-6(16)17-10(14-15-10)8-4-2-7(3-5-8)9(11,12)13/h2-5H,1H3. The predicted molar refractivity (Wildman–Crippen MR) is 49.7 cm³/mol. The maximum Gasteiger partial charge on any atom is 0.416 e. The van der Waals surface area contributed by atoms with Gasteiger partial charge in [0.1, 0.15) is 0 Å². The van der Waals surface area contributed by atoms with Crippen LogP contribution in [0.25, 0.3) is 0 Å². The highest BCUT2D eigenvalue weighted by Crippen LogP contribution is 2.41. The number of halogens is 3. The molecule has 17 heavy (non-hydrogen) atoms. The van der Waals surface area contributed by atoms with Gasteiger partial charge >= 0.3 is 18.0 Å². The molecule has 7 heteroatoms. The number of benzene rings is 1. The maximum atomic E-state index is 12.3. The first kappa shape index (κ1) is 11.6. The van der Waals surface area contributed by atoms with Crippen molar-refractivity contribution >= 4 is 5.97 Å². The lowest BCUT2D eigenvalue weighted by molar-refractivity contribution is -0.150. The third-order valence-corrected chi connectivity index (χ3v) is 2.16. The van der Waals surface area contributed by atoms with Crippen LogP contribution in [0, 0.1) is 0 Å². The molecule has 2 rings (SSSR count). The number of rotatable bonds is 2. The van der Waals surface area contributed by atoms with Crippen LogP contribution in [0.1, 0.15) is 18.1 Å². The Bertz CT molecular complexity index is 473. The summed E-state index contributed by atoms with van der Waals surface area (Å²) in [5, 5.41) is 7.07. The molecular formula is C10H7F3N2O2. The Morgan fingerprint density at radius 1 is 1.24 bits per heavy atom. The number of ether oxygens (including phenoxy) is 1. The Kier molecular flexibility index (Phi) is 2.41. The summed E-state index contributed by atoms with van der Waals surface area (Å²) >= 11 is 0. The molecule has 0 bridgehead atoms. The van der Waals surface area contributed by atoms with Crippen LogP contribution in [0.5, 0.6) is 0 Å². The highest BCUT2D eigenvalue weighted by Gasteiger charge is 2.46. The summed E-state index contributed by atoms with van der Waals surface area (Å²) in [6.45, 7) is 1.18. The van der Waals surface area contributed by atoms with Gasteiger partial charge in [-0.3, -0.25) is 4.79 Å². The minimum absolute atomic E-state index is 0.292. The summed E-state index contributed by atoms with van der Waals surface area (Å²) in [5.41, 5.74) is -0.486. The Morgan fingerprint density at radius 2 is 1.76 bits per heavy atom. The second kappa shape index (κ2) is 3.54. The molecule has 0 unspecified atom stereocenters. The lowest BCUT2D eigenvalue weighted by Crippen LogP contribution is -2.17. The maximum absolute atomic E-state index is 12.3. The first-order valence-electron chi connectivity index (χ1n) is 4.65. The molecule has 0 N–H and O–H groups in total. The van der Waals surface area contributed by atoms with Crippen LogP contribution >= 0.6 is 0 Å². The number of alkyl halides is 3. The highest BCUT2D eigenvalue weighted by molar-refractivity contribution is 5.67. The molecule has 1 aromatic rings. The van der Waals surface area contributed by atoms with Crippen LogP contribution < -0.4 is 0 Å². The zero-order chi connectivity index (χ0) is 12.7. The van der Waals surface area contributed by atoms with Gasteiger partial charge in [-0.05, 0) is 12.1 Å². The van der Waals surface area contributed by atoms with E-state index < -0.39 is 23.6 Å². The Balaban J connectivity index is 2.22. The van der Waals surface area contributed by atoms with E-state index >= 15 is 0 Å². The van der Waals surface area contributed by atoms with Gasteiger partial charge in [-0.1, -0.05) is 12.1 Å². The van der Waals surface area contributed by atoms with Crippen molar-refractivity contribution in [3.63, 3.8) is 0 Å². The first-order chi connectivity index (χ1) is 7.83. The number of esters is 1. The van der Waals surface area contributed by atoms with Crippen molar-refractivity contribution < 1.29 is 22.7 Å². The fourth-order valence-electron chi connectivity index (χ4n) is 1.34. The molecule has 1 heterocycles. The molecule has 0 atom stereocenters. The molecule has 1 aliphatic heterocycles. The van der Waals surface area contributed by atoms with Crippen molar-refractivity contribution in [1.29, 1.82) is 0 Å². The number of carbonyl (C=O) groups excluding carboxylic acids is 1. The summed E-state index contributed by atoms with van der Waals surface area (Å²) in [5.74, 6) is -2.04. The van der Waals surface area contributed by atoms with Gasteiger partial charge in [0, 0.05) is 12.5 Å². The van der Waals surface area contributed by atoms with E-state index in [0.717, 1.165) is 12.1 Å². The molecule has 1 aliphatic rings. The minimum atomic E-state index is -4.40. The van der Waals surface area contributed by atoms with Gasteiger partial charge in [0.25, 0.3) is 0 Å². The van der Waals surface area contributed by atoms with Crippen molar-refractivity contribution in [2.45, 2.75) is 18.9 Å². The molecule has 0 amide bonds. The van der Waals surface area contributed by atoms with Crippen molar-refractivity contribution in [3.8, 4) is 0 Å². The fraction of sp³-hybridized carbons (Fsp3) is 0.300. The summed E-state index contributed by atoms with van der Waals surface area (Å²) < 4.78 is 41.7. The number of carbonyl (C=O) groups is 1. The van der Waals surface area contributed by atoms with E-state index in [1.54, 1.807) is 0 Å². The quantitative estimate of drug-likeness (QED) is 0.751. The fourth-order valence-corrected chi connectivity index (χ4v) is 1.34. The molecule has 1 aromatic carbocycles. The summed E-state index contributed by atoms with van der Waals surface area (Å²) in [7, 11) is 0. The molecule has 0 saturated carbocycles. The predicted octanol–water partition coefficient (Wildman–Crippen LogP) is 2.84. The molecule has 4 nitrogen and oxygen atoms in total. The normalized spacial score (nSPS) is 16.7. The topological polar surface area (TPSA) is 51.0 Å². The van der Waals surface area contributed by atoms with E-state index in [1.165, 1.54) is 19.1 Å². The average molecular weight is 244 g/mol. The van der Waals surface area contributed by atoms with Crippen molar-refractivity contribution in [2.75, 3.05) is 0 Å². The van der Waals surface area contributed by atoms with Gasteiger partial charge in [0.05, 0.1) is 5.56 Å². The number of hydrogen-bond acceptors (Lipinski definition) is 4. The van der Waals surface area contributed by atoms with Gasteiger partial charge in [-0.2, -0.15) is 13.2 Å². The van der Waals surface area contributed by atoms with Crippen molar-refractivity contribution in [1.82, 2.24) is 0 Å². The third-order valence-electron chi connectivity index (χ3n) is 2.16. The number of hydrogen-bond donors (Lipinski definition) is 0. The van der Waals surface area contributed by atoms with Gasteiger partial charge in [-0.25, -0.2) is 0 Å². The molecule has 0 spiro atoms. The summed E-state index contributed by atoms with van der Waals surface area (Å²) in [6, 6.07) is 4.16. The van der Waals surface area contributed by atoms with Crippen LogP contribution in [0.2, 0.25) is 0 Å². The van der Waals surface area contributed by atoms with E-state index in [-0.39, 0.29) is 0 Å². The highest BCUT2D eigenvalue weighted by atomic mass is 19.4. The minimum Gasteiger partial charge on any atom is -0.410 e. The van der Waals surface area contributed by atoms with E-state index in [9.17, 15) is 18.0 Å². The molecule has 0 saturated heterocycles. The lowest BCUT2D eigenvalue weighted by Gasteiger charge is -2.12. The zero-order valence-electron chi connectivity index (χ0n) is 8.65. The average Bonchev–Trinajstić information content (AvgIpc) is 2.97. The van der Waals surface area contributed by atoms with Gasteiger partial charge < -0.3 is 4.74 Å². The molecule has 0 fully saturated rings. The lowest BCUT2D eigenvalue weighted by atomic mass is 10.1. The Labute approximate surface area is 94.1 Å². The molecule has 0 aromatic heterocycles. The largest absolute Gasteiger partial charge is 0.416 e. The zero-order valence-corrected chi connectivity index (χ0v) is 8.65. The molecular weight excluding hydrogens is 237 g/mol. The monoisotopic (exact) mass is 244 g/mol. The van der Waals surface area contributed by atoms with Gasteiger partial charge in [-0.15, -0.1) is 10.2 Å². The number of nitrogens with zero attached hydrogens (tertiary/aromatic N) is 2. The second-order valence-corrected chi connectivity index (χ2v) is 3.48. The summed E-state index contributed by atoms with van der Waals surface area (Å²) in [4.78, 5) is 10.8. The van der Waals surface area contributed by atoms with Crippen molar-refractivity contribution in [3.05, 3.63) is 35.4 Å². The van der Waals surface area contributed by atoms with Crippen molar-refractivity contribution in [2.24, 2.45) is 10.2 Å². The first-order valence-corrected chi connectivity index (χ1v) is 4.65. The smallest absolute Gasteiger partial charge is 0.410 e. The van der Waals surface area contributed by atoms with E-state index in [0.29, 0.717) is 5.56 Å². The van der Waals surface area contributed by atoms with Crippen LogP contribution in [0.4, 0.5) is 13.2 Å². The molecule has 0 aliphatic carbocycles. The van der Waals surface area contributed by atoms with Gasteiger partial charge in [0.2, 0.25) is 0 Å². The SMILES string of the molecule is CC(=O)OC1(c2ccc(C(F)(F)F)cc2)N=N1. The van der Waals surface area contributed by atoms with Crippen LogP contribution in [0.15, 0.2) is 34.5 Å². The van der Waals surface area contributed by atoms with Crippen LogP contribution in [0.3, 0.4) is 0 Å². The van der Waals surface area contributed by atoms with Crippen LogP contribution in [-0.2, 0) is 21.6 Å². The third kappa shape index (κ3) is 2.27. The van der Waals surface area contributed by atoms with Crippen LogP contribution in [-0.4, -0.2) is 5.97 Å². The Hall–Kier alpha value is -1.92. The van der Waals surface area contributed by atoms with E-state index in [2.05, 4.69) is 10.2 Å².